The number of unbranched alkanes of at least 4 members (excludes halogenated alkanes) is 1. The smallest absolute Gasteiger partial charge is 0.335 e. The van der Waals surface area contributed by atoms with Gasteiger partial charge in [-0.1, -0.05) is 25.5 Å². The van der Waals surface area contributed by atoms with Crippen molar-refractivity contribution in [2.45, 2.75) is 32.7 Å². The van der Waals surface area contributed by atoms with Crippen molar-refractivity contribution in [2.75, 3.05) is 20.1 Å². The van der Waals surface area contributed by atoms with Gasteiger partial charge in [0.25, 0.3) is 0 Å². The number of carboxylic acids is 1. The summed E-state index contributed by atoms with van der Waals surface area (Å²) in [4.78, 5) is 24.8. The van der Waals surface area contributed by atoms with E-state index in [0.29, 0.717) is 13.0 Å². The van der Waals surface area contributed by atoms with Crippen molar-refractivity contribution in [1.29, 1.82) is 0 Å². The van der Waals surface area contributed by atoms with E-state index in [1.165, 1.54) is 6.07 Å². The van der Waals surface area contributed by atoms with Gasteiger partial charge in [0, 0.05) is 19.5 Å². The van der Waals surface area contributed by atoms with E-state index in [9.17, 15) is 9.59 Å². The third-order valence-electron chi connectivity index (χ3n) is 3.28. The number of amides is 1. The summed E-state index contributed by atoms with van der Waals surface area (Å²) in [6, 6.07) is 6.61. The number of nitrogens with one attached hydrogen (secondary N) is 1. The van der Waals surface area contributed by atoms with E-state index in [4.69, 9.17) is 5.11 Å². The molecule has 5 heteroatoms. The summed E-state index contributed by atoms with van der Waals surface area (Å²) in [5.74, 6) is -0.972. The lowest BCUT2D eigenvalue weighted by molar-refractivity contribution is -0.121. The van der Waals surface area contributed by atoms with E-state index in [1.54, 1.807) is 18.2 Å². The van der Waals surface area contributed by atoms with Crippen molar-refractivity contribution in [3.8, 4) is 0 Å². The lowest BCUT2D eigenvalue weighted by Crippen LogP contribution is -2.29. The molecule has 5 nitrogen and oxygen atoms in total. The number of rotatable bonds is 9. The standard InChI is InChI=1S/C16H24N2O3/c1-3-4-9-18(2)10-8-15(19)17-12-13-6-5-7-14(11-13)16(20)21/h5-7,11H,3-4,8-10,12H2,1-2H3,(H,17,19)(H,20,21). The molecule has 0 saturated carbocycles. The quantitative estimate of drug-likeness (QED) is 0.731. The van der Waals surface area contributed by atoms with Gasteiger partial charge >= 0.3 is 5.97 Å². The summed E-state index contributed by atoms with van der Waals surface area (Å²) < 4.78 is 0. The molecule has 0 aliphatic heterocycles. The number of carbonyl (C=O) groups is 2. The van der Waals surface area contributed by atoms with Crippen LogP contribution in [0.2, 0.25) is 0 Å². The second-order valence-electron chi connectivity index (χ2n) is 5.19. The van der Waals surface area contributed by atoms with Crippen LogP contribution in [-0.4, -0.2) is 42.0 Å². The summed E-state index contributed by atoms with van der Waals surface area (Å²) in [6.07, 6.45) is 2.75. The van der Waals surface area contributed by atoms with Crippen LogP contribution in [0.4, 0.5) is 0 Å². The monoisotopic (exact) mass is 292 g/mol. The third kappa shape index (κ3) is 6.90. The highest BCUT2D eigenvalue weighted by molar-refractivity contribution is 5.87. The van der Waals surface area contributed by atoms with E-state index in [2.05, 4.69) is 17.1 Å². The Morgan fingerprint density at radius 2 is 2.05 bits per heavy atom. The zero-order valence-electron chi connectivity index (χ0n) is 12.8. The first-order valence-electron chi connectivity index (χ1n) is 7.30. The average Bonchev–Trinajstić information content (AvgIpc) is 2.49. The Balaban J connectivity index is 2.33. The van der Waals surface area contributed by atoms with Crippen LogP contribution >= 0.6 is 0 Å². The van der Waals surface area contributed by atoms with Crippen molar-refractivity contribution in [3.05, 3.63) is 35.4 Å². The Hall–Kier alpha value is -1.88. The lowest BCUT2D eigenvalue weighted by atomic mass is 10.1. The average molecular weight is 292 g/mol. The summed E-state index contributed by atoms with van der Waals surface area (Å²) in [7, 11) is 2.01. The second-order valence-corrected chi connectivity index (χ2v) is 5.19. The van der Waals surface area contributed by atoms with Crippen LogP contribution < -0.4 is 5.32 Å². The Bertz CT molecular complexity index is 474. The predicted octanol–water partition coefficient (Wildman–Crippen LogP) is 2.12. The first kappa shape index (κ1) is 17.2. The summed E-state index contributed by atoms with van der Waals surface area (Å²) in [5, 5.41) is 11.7. The molecule has 0 radical (unpaired) electrons. The molecule has 0 heterocycles. The predicted molar refractivity (Wildman–Crippen MR) is 82.3 cm³/mol. The van der Waals surface area contributed by atoms with Gasteiger partial charge < -0.3 is 15.3 Å². The Labute approximate surface area is 126 Å². The van der Waals surface area contributed by atoms with Gasteiger partial charge in [0.2, 0.25) is 5.91 Å². The molecule has 0 aliphatic carbocycles. The maximum absolute atomic E-state index is 11.8. The van der Waals surface area contributed by atoms with Crippen LogP contribution in [0.3, 0.4) is 0 Å². The van der Waals surface area contributed by atoms with Gasteiger partial charge in [-0.2, -0.15) is 0 Å². The highest BCUT2D eigenvalue weighted by atomic mass is 16.4. The fourth-order valence-electron chi connectivity index (χ4n) is 1.94. The molecule has 2 N–H and O–H groups in total. The van der Waals surface area contributed by atoms with Crippen molar-refractivity contribution in [2.24, 2.45) is 0 Å². The summed E-state index contributed by atoms with van der Waals surface area (Å²) in [6.45, 7) is 4.25. The molecule has 0 saturated heterocycles. The van der Waals surface area contributed by atoms with Gasteiger partial charge in [-0.15, -0.1) is 0 Å². The Morgan fingerprint density at radius 1 is 1.29 bits per heavy atom. The molecular formula is C16H24N2O3. The van der Waals surface area contributed by atoms with Crippen molar-refractivity contribution < 1.29 is 14.7 Å². The molecule has 116 valence electrons. The number of hydrogen-bond donors (Lipinski definition) is 2. The summed E-state index contributed by atoms with van der Waals surface area (Å²) >= 11 is 0. The molecule has 0 bridgehead atoms. The lowest BCUT2D eigenvalue weighted by Gasteiger charge is -2.15. The first-order chi connectivity index (χ1) is 10.0. The minimum Gasteiger partial charge on any atom is -0.478 e. The molecule has 1 rings (SSSR count). The van der Waals surface area contributed by atoms with E-state index < -0.39 is 5.97 Å². The normalized spacial score (nSPS) is 10.6. The molecule has 0 fully saturated rings. The minimum absolute atomic E-state index is 0.0147. The zero-order chi connectivity index (χ0) is 15.7. The van der Waals surface area contributed by atoms with Crippen LogP contribution in [0, 0.1) is 0 Å². The zero-order valence-corrected chi connectivity index (χ0v) is 12.8. The molecule has 21 heavy (non-hydrogen) atoms. The van der Waals surface area contributed by atoms with E-state index >= 15 is 0 Å². The van der Waals surface area contributed by atoms with E-state index in [1.807, 2.05) is 7.05 Å². The molecule has 0 unspecified atom stereocenters. The minimum atomic E-state index is -0.958. The molecule has 0 aromatic heterocycles. The molecule has 1 amide bonds. The number of hydrogen-bond acceptors (Lipinski definition) is 3. The maximum atomic E-state index is 11.8. The van der Waals surface area contributed by atoms with E-state index in [0.717, 1.165) is 31.5 Å². The van der Waals surface area contributed by atoms with Crippen LogP contribution in [0.1, 0.15) is 42.1 Å². The molecular weight excluding hydrogens is 268 g/mol. The number of aromatic carboxylic acids is 1. The fourth-order valence-corrected chi connectivity index (χ4v) is 1.94. The summed E-state index contributed by atoms with van der Waals surface area (Å²) in [5.41, 5.74) is 1.03. The number of nitrogens with zero attached hydrogens (tertiary/aromatic N) is 1. The largest absolute Gasteiger partial charge is 0.478 e. The van der Waals surface area contributed by atoms with Crippen molar-refractivity contribution in [1.82, 2.24) is 10.2 Å². The van der Waals surface area contributed by atoms with E-state index in [-0.39, 0.29) is 11.5 Å². The van der Waals surface area contributed by atoms with Crippen molar-refractivity contribution in [3.63, 3.8) is 0 Å². The molecule has 0 spiro atoms. The topological polar surface area (TPSA) is 69.6 Å². The van der Waals surface area contributed by atoms with Gasteiger partial charge in [0.05, 0.1) is 5.56 Å². The van der Waals surface area contributed by atoms with Crippen LogP contribution in [0.5, 0.6) is 0 Å². The SMILES string of the molecule is CCCCN(C)CCC(=O)NCc1cccc(C(=O)O)c1. The number of benzene rings is 1. The van der Waals surface area contributed by atoms with Gasteiger partial charge in [0.15, 0.2) is 0 Å². The van der Waals surface area contributed by atoms with Crippen molar-refractivity contribution >= 4 is 11.9 Å². The number of carboxylic acid groups (broad SMARTS) is 1. The Morgan fingerprint density at radius 3 is 2.71 bits per heavy atom. The first-order valence-corrected chi connectivity index (χ1v) is 7.30. The molecule has 0 aliphatic rings. The molecule has 1 aromatic rings. The molecule has 0 atom stereocenters. The highest BCUT2D eigenvalue weighted by Gasteiger charge is 2.06. The second kappa shape index (κ2) is 9.13. The fraction of sp³-hybridized carbons (Fsp3) is 0.500. The van der Waals surface area contributed by atoms with Crippen LogP contribution in [0.15, 0.2) is 24.3 Å². The maximum Gasteiger partial charge on any atom is 0.335 e. The number of carbonyl (C=O) groups excluding carboxylic acids is 1. The van der Waals surface area contributed by atoms with Gasteiger partial charge in [-0.05, 0) is 37.7 Å². The highest BCUT2D eigenvalue weighted by Crippen LogP contribution is 2.05. The Kier molecular flexibility index (Phi) is 7.46. The van der Waals surface area contributed by atoms with Crippen LogP contribution in [0.25, 0.3) is 0 Å². The van der Waals surface area contributed by atoms with Crippen LogP contribution in [-0.2, 0) is 11.3 Å². The van der Waals surface area contributed by atoms with Gasteiger partial charge in [0.1, 0.15) is 0 Å². The molecule has 1 aromatic carbocycles. The third-order valence-corrected chi connectivity index (χ3v) is 3.28. The van der Waals surface area contributed by atoms with Gasteiger partial charge in [-0.3, -0.25) is 4.79 Å². The van der Waals surface area contributed by atoms with Gasteiger partial charge in [-0.25, -0.2) is 4.79 Å².